The van der Waals surface area contributed by atoms with Gasteiger partial charge >= 0.3 is 0 Å². The average Bonchev–Trinajstić information content (AvgIpc) is 2.83. The van der Waals surface area contributed by atoms with Crippen LogP contribution in [0, 0.1) is 13.8 Å². The van der Waals surface area contributed by atoms with Crippen LogP contribution in [-0.4, -0.2) is 28.5 Å². The second-order valence-corrected chi connectivity index (χ2v) is 6.28. The van der Waals surface area contributed by atoms with Crippen molar-refractivity contribution in [2.24, 2.45) is 0 Å². The molecule has 5 nitrogen and oxygen atoms in total. The van der Waals surface area contributed by atoms with Crippen LogP contribution in [0.5, 0.6) is 0 Å². The van der Waals surface area contributed by atoms with Crippen LogP contribution in [0.1, 0.15) is 17.7 Å². The van der Waals surface area contributed by atoms with Gasteiger partial charge in [0.1, 0.15) is 6.04 Å². The number of nitrogens with one attached hydrogen (secondary N) is 1. The van der Waals surface area contributed by atoms with Gasteiger partial charge in [0.15, 0.2) is 0 Å². The molecule has 0 spiro atoms. The largest absolute Gasteiger partial charge is 0.342 e. The van der Waals surface area contributed by atoms with Gasteiger partial charge in [-0.1, -0.05) is 15.9 Å². The summed E-state index contributed by atoms with van der Waals surface area (Å²) in [5.74, 6) is 0.569. The number of carbonyl (C=O) groups is 1. The molecule has 0 bridgehead atoms. The van der Waals surface area contributed by atoms with E-state index in [0.717, 1.165) is 27.8 Å². The van der Waals surface area contributed by atoms with Crippen molar-refractivity contribution in [3.05, 3.63) is 46.2 Å². The summed E-state index contributed by atoms with van der Waals surface area (Å²) in [6, 6.07) is 7.51. The van der Waals surface area contributed by atoms with Crippen molar-refractivity contribution in [3.63, 3.8) is 0 Å². The molecule has 1 N–H and O–H groups in total. The number of nitrogens with zero attached hydrogens (tertiary/aromatic N) is 3. The molecule has 1 saturated heterocycles. The molecule has 2 aromatic rings. The number of halogens is 1. The number of amides is 1. The smallest absolute Gasteiger partial charge is 0.249 e. The van der Waals surface area contributed by atoms with Crippen molar-refractivity contribution >= 4 is 33.5 Å². The van der Waals surface area contributed by atoms with Gasteiger partial charge in [-0.05, 0) is 50.1 Å². The van der Waals surface area contributed by atoms with Crippen molar-refractivity contribution in [1.29, 1.82) is 0 Å². The lowest BCUT2D eigenvalue weighted by molar-refractivity contribution is -0.117. The number of benzene rings is 1. The van der Waals surface area contributed by atoms with Gasteiger partial charge in [-0.25, -0.2) is 9.97 Å². The zero-order valence-electron chi connectivity index (χ0n) is 12.5. The number of hydrogen-bond acceptors (Lipinski definition) is 4. The highest BCUT2D eigenvalue weighted by Crippen LogP contribution is 2.27. The molecule has 1 aliphatic heterocycles. The molecule has 0 saturated carbocycles. The molecule has 1 unspecified atom stereocenters. The predicted octanol–water partition coefficient (Wildman–Crippen LogP) is 3.07. The fraction of sp³-hybridized carbons (Fsp3) is 0.312. The van der Waals surface area contributed by atoms with E-state index in [-0.39, 0.29) is 11.9 Å². The molecule has 1 amide bonds. The zero-order chi connectivity index (χ0) is 15.7. The van der Waals surface area contributed by atoms with Crippen LogP contribution in [0.3, 0.4) is 0 Å². The minimum Gasteiger partial charge on any atom is -0.342 e. The molecule has 1 atom stereocenters. The molecule has 3 rings (SSSR count). The van der Waals surface area contributed by atoms with Gasteiger partial charge in [-0.2, -0.15) is 0 Å². The lowest BCUT2D eigenvalue weighted by Crippen LogP contribution is -2.34. The Kier molecular flexibility index (Phi) is 4.11. The second-order valence-electron chi connectivity index (χ2n) is 5.43. The van der Waals surface area contributed by atoms with E-state index < -0.39 is 0 Å². The Bertz CT molecular complexity index is 719. The molecule has 1 aromatic heterocycles. The number of aromatic nitrogens is 2. The minimum absolute atomic E-state index is 0.0619. The molecular weight excluding hydrogens is 344 g/mol. The summed E-state index contributed by atoms with van der Waals surface area (Å²) in [6.07, 6.45) is 2.44. The highest BCUT2D eigenvalue weighted by Gasteiger charge is 2.33. The molecule has 22 heavy (non-hydrogen) atoms. The maximum atomic E-state index is 12.6. The van der Waals surface area contributed by atoms with Crippen LogP contribution in [0.25, 0.3) is 0 Å². The van der Waals surface area contributed by atoms with E-state index in [1.165, 1.54) is 0 Å². The van der Waals surface area contributed by atoms with Gasteiger partial charge in [0.05, 0.1) is 0 Å². The topological polar surface area (TPSA) is 58.1 Å². The van der Waals surface area contributed by atoms with Crippen LogP contribution < -0.4 is 10.2 Å². The van der Waals surface area contributed by atoms with Gasteiger partial charge in [0, 0.05) is 28.6 Å². The van der Waals surface area contributed by atoms with Crippen LogP contribution in [0.2, 0.25) is 0 Å². The third-order valence-electron chi connectivity index (χ3n) is 3.76. The Morgan fingerprint density at radius 1 is 1.32 bits per heavy atom. The fourth-order valence-electron chi connectivity index (χ4n) is 2.54. The molecule has 1 aliphatic rings. The first kappa shape index (κ1) is 15.0. The number of rotatable bonds is 3. The third kappa shape index (κ3) is 2.97. The number of anilines is 2. The summed E-state index contributed by atoms with van der Waals surface area (Å²) in [6.45, 7) is 4.62. The first-order valence-corrected chi connectivity index (χ1v) is 7.97. The first-order valence-electron chi connectivity index (χ1n) is 7.18. The van der Waals surface area contributed by atoms with Crippen LogP contribution in [0.15, 0.2) is 34.9 Å². The third-order valence-corrected chi connectivity index (χ3v) is 4.65. The summed E-state index contributed by atoms with van der Waals surface area (Å²) < 4.78 is 1.05. The number of carbonyl (C=O) groups excluding carboxylic acids is 1. The van der Waals surface area contributed by atoms with E-state index in [9.17, 15) is 4.79 Å². The van der Waals surface area contributed by atoms with E-state index in [2.05, 4.69) is 31.2 Å². The zero-order valence-corrected chi connectivity index (χ0v) is 14.1. The summed E-state index contributed by atoms with van der Waals surface area (Å²) in [7, 11) is 0. The van der Waals surface area contributed by atoms with Gasteiger partial charge in [-0.3, -0.25) is 4.79 Å². The van der Waals surface area contributed by atoms with Crippen molar-refractivity contribution < 1.29 is 4.79 Å². The Balaban J connectivity index is 1.75. The van der Waals surface area contributed by atoms with E-state index in [1.807, 2.05) is 43.0 Å². The van der Waals surface area contributed by atoms with Gasteiger partial charge < -0.3 is 10.2 Å². The van der Waals surface area contributed by atoms with Crippen molar-refractivity contribution in [1.82, 2.24) is 9.97 Å². The maximum absolute atomic E-state index is 12.6. The Morgan fingerprint density at radius 2 is 2.14 bits per heavy atom. The van der Waals surface area contributed by atoms with Crippen LogP contribution >= 0.6 is 15.9 Å². The fourth-order valence-corrected chi connectivity index (χ4v) is 2.79. The highest BCUT2D eigenvalue weighted by molar-refractivity contribution is 9.10. The van der Waals surface area contributed by atoms with Gasteiger partial charge in [-0.15, -0.1) is 0 Å². The summed E-state index contributed by atoms with van der Waals surface area (Å²) in [4.78, 5) is 22.9. The lowest BCUT2D eigenvalue weighted by Gasteiger charge is -2.18. The van der Waals surface area contributed by atoms with E-state index >= 15 is 0 Å². The minimum atomic E-state index is -0.272. The summed E-state index contributed by atoms with van der Waals surface area (Å²) in [5, 5.41) is 3.13. The van der Waals surface area contributed by atoms with E-state index in [1.54, 1.807) is 6.20 Å². The highest BCUT2D eigenvalue weighted by atomic mass is 79.9. The normalized spacial score (nSPS) is 17.9. The van der Waals surface area contributed by atoms with E-state index in [0.29, 0.717) is 12.5 Å². The van der Waals surface area contributed by atoms with Gasteiger partial charge in [0.2, 0.25) is 11.9 Å². The molecule has 1 fully saturated rings. The van der Waals surface area contributed by atoms with Crippen molar-refractivity contribution in [2.75, 3.05) is 16.8 Å². The molecule has 2 heterocycles. The Labute approximate surface area is 137 Å². The second kappa shape index (κ2) is 6.04. The summed E-state index contributed by atoms with van der Waals surface area (Å²) in [5.41, 5.74) is 2.92. The average molecular weight is 361 g/mol. The molecule has 0 radical (unpaired) electrons. The number of aryl methyl sites for hydroxylation is 2. The SMILES string of the molecule is Cc1ccnc(NC2CCN(c3ccc(Br)c(C)c3)C2=O)n1. The van der Waals surface area contributed by atoms with Crippen molar-refractivity contribution in [2.45, 2.75) is 26.3 Å². The first-order chi connectivity index (χ1) is 10.5. The van der Waals surface area contributed by atoms with Gasteiger partial charge in [0.25, 0.3) is 0 Å². The van der Waals surface area contributed by atoms with Crippen LogP contribution in [-0.2, 0) is 4.79 Å². The predicted molar refractivity (Wildman–Crippen MR) is 90.0 cm³/mol. The Hall–Kier alpha value is -1.95. The van der Waals surface area contributed by atoms with E-state index in [4.69, 9.17) is 0 Å². The molecule has 1 aromatic carbocycles. The molecule has 0 aliphatic carbocycles. The van der Waals surface area contributed by atoms with Crippen molar-refractivity contribution in [3.8, 4) is 0 Å². The number of hydrogen-bond donors (Lipinski definition) is 1. The summed E-state index contributed by atoms with van der Waals surface area (Å²) >= 11 is 3.48. The molecule has 114 valence electrons. The standard InChI is InChI=1S/C16H17BrN4O/c1-10-9-12(3-4-13(10)17)21-8-6-14(15(21)22)20-16-18-7-5-11(2)19-16/h3-5,7,9,14H,6,8H2,1-2H3,(H,18,19,20). The monoisotopic (exact) mass is 360 g/mol. The van der Waals surface area contributed by atoms with Crippen LogP contribution in [0.4, 0.5) is 11.6 Å². The molecular formula is C16H17BrN4O. The lowest BCUT2D eigenvalue weighted by atomic mass is 10.2. The quantitative estimate of drug-likeness (QED) is 0.913. The maximum Gasteiger partial charge on any atom is 0.249 e. The Morgan fingerprint density at radius 3 is 2.86 bits per heavy atom. The molecule has 6 heteroatoms.